The molecule has 0 aliphatic heterocycles. The standard InChI is InChI=1S/C12H11F3N4O/c1-7-4-3-5-8(16-7)10(20)18-11-17-9(6-19(11)2)12(13,14)15/h3-6H,1-2H3,(H,17,18,20). The highest BCUT2D eigenvalue weighted by molar-refractivity contribution is 6.01. The zero-order valence-electron chi connectivity index (χ0n) is 10.7. The first kappa shape index (κ1) is 14.0. The molecule has 1 N–H and O–H groups in total. The summed E-state index contributed by atoms with van der Waals surface area (Å²) in [5.74, 6) is -0.804. The van der Waals surface area contributed by atoms with Crippen LogP contribution in [0.1, 0.15) is 21.9 Å². The van der Waals surface area contributed by atoms with Crippen molar-refractivity contribution in [3.8, 4) is 0 Å². The van der Waals surface area contributed by atoms with Crippen LogP contribution in [-0.2, 0) is 13.2 Å². The van der Waals surface area contributed by atoms with Crippen LogP contribution < -0.4 is 5.32 Å². The molecule has 8 heteroatoms. The van der Waals surface area contributed by atoms with E-state index in [1.807, 2.05) is 0 Å². The number of amides is 1. The highest BCUT2D eigenvalue weighted by Crippen LogP contribution is 2.29. The van der Waals surface area contributed by atoms with Gasteiger partial charge < -0.3 is 4.57 Å². The number of hydrogen-bond acceptors (Lipinski definition) is 3. The molecule has 20 heavy (non-hydrogen) atoms. The summed E-state index contributed by atoms with van der Waals surface area (Å²) in [5, 5.41) is 2.30. The predicted octanol–water partition coefficient (Wildman–Crippen LogP) is 2.39. The normalized spacial score (nSPS) is 11.4. The highest BCUT2D eigenvalue weighted by Gasteiger charge is 2.34. The van der Waals surface area contributed by atoms with E-state index in [4.69, 9.17) is 0 Å². The Morgan fingerprint density at radius 1 is 1.30 bits per heavy atom. The smallest absolute Gasteiger partial charge is 0.320 e. The Balaban J connectivity index is 2.22. The average molecular weight is 284 g/mol. The Labute approximate surface area is 112 Å². The van der Waals surface area contributed by atoms with Crippen LogP contribution in [0.25, 0.3) is 0 Å². The van der Waals surface area contributed by atoms with Crippen LogP contribution in [0.5, 0.6) is 0 Å². The summed E-state index contributed by atoms with van der Waals surface area (Å²) >= 11 is 0. The molecule has 0 spiro atoms. The quantitative estimate of drug-likeness (QED) is 0.921. The fourth-order valence-electron chi connectivity index (χ4n) is 1.55. The fourth-order valence-corrected chi connectivity index (χ4v) is 1.55. The maximum absolute atomic E-state index is 12.5. The van der Waals surface area contributed by atoms with Gasteiger partial charge in [0, 0.05) is 18.9 Å². The first-order valence-corrected chi connectivity index (χ1v) is 5.63. The van der Waals surface area contributed by atoms with Crippen molar-refractivity contribution < 1.29 is 18.0 Å². The molecule has 2 rings (SSSR count). The molecule has 2 heterocycles. The van der Waals surface area contributed by atoms with Crippen molar-refractivity contribution in [2.24, 2.45) is 7.05 Å². The monoisotopic (exact) mass is 284 g/mol. The number of anilines is 1. The molecular formula is C12H11F3N4O. The van der Waals surface area contributed by atoms with Crippen LogP contribution in [0.15, 0.2) is 24.4 Å². The molecule has 0 radical (unpaired) electrons. The number of halogens is 3. The van der Waals surface area contributed by atoms with Crippen LogP contribution in [0.3, 0.4) is 0 Å². The lowest BCUT2D eigenvalue weighted by Crippen LogP contribution is -2.16. The molecule has 0 atom stereocenters. The summed E-state index contributed by atoms with van der Waals surface area (Å²) in [6, 6.07) is 4.81. The molecule has 0 saturated carbocycles. The molecular weight excluding hydrogens is 273 g/mol. The number of pyridine rings is 1. The van der Waals surface area contributed by atoms with E-state index in [-0.39, 0.29) is 11.6 Å². The Bertz CT molecular complexity index is 648. The Hall–Kier alpha value is -2.38. The van der Waals surface area contributed by atoms with E-state index in [1.54, 1.807) is 19.1 Å². The number of nitrogens with zero attached hydrogens (tertiary/aromatic N) is 3. The SMILES string of the molecule is Cc1cccc(C(=O)Nc2nc(C(F)(F)F)cn2C)n1. The van der Waals surface area contributed by atoms with Gasteiger partial charge in [0.05, 0.1) is 0 Å². The van der Waals surface area contributed by atoms with Gasteiger partial charge >= 0.3 is 6.18 Å². The maximum atomic E-state index is 12.5. The fraction of sp³-hybridized carbons (Fsp3) is 0.250. The molecule has 2 aromatic rings. The molecule has 106 valence electrons. The zero-order chi connectivity index (χ0) is 14.9. The van der Waals surface area contributed by atoms with E-state index in [2.05, 4.69) is 15.3 Å². The number of carbonyl (C=O) groups is 1. The molecule has 0 unspecified atom stereocenters. The van der Waals surface area contributed by atoms with Crippen molar-refractivity contribution in [2.45, 2.75) is 13.1 Å². The number of hydrogen-bond donors (Lipinski definition) is 1. The largest absolute Gasteiger partial charge is 0.434 e. The lowest BCUT2D eigenvalue weighted by atomic mass is 10.3. The molecule has 0 fully saturated rings. The molecule has 1 amide bonds. The highest BCUT2D eigenvalue weighted by atomic mass is 19.4. The first-order chi connectivity index (χ1) is 9.27. The summed E-state index contributed by atoms with van der Waals surface area (Å²) in [6.45, 7) is 1.71. The first-order valence-electron chi connectivity index (χ1n) is 5.63. The van der Waals surface area contributed by atoms with Crippen molar-refractivity contribution in [3.63, 3.8) is 0 Å². The van der Waals surface area contributed by atoms with Gasteiger partial charge in [-0.3, -0.25) is 10.1 Å². The van der Waals surface area contributed by atoms with Crippen LogP contribution in [0.4, 0.5) is 19.1 Å². The summed E-state index contributed by atoms with van der Waals surface area (Å²) in [4.78, 5) is 19.2. The minimum atomic E-state index is -4.55. The third-order valence-electron chi connectivity index (χ3n) is 2.51. The van der Waals surface area contributed by atoms with E-state index in [0.717, 1.165) is 10.8 Å². The summed E-state index contributed by atoms with van der Waals surface area (Å²) < 4.78 is 38.6. The van der Waals surface area contributed by atoms with Crippen molar-refractivity contribution in [2.75, 3.05) is 5.32 Å². The number of aromatic nitrogens is 3. The molecule has 5 nitrogen and oxygen atoms in total. The summed E-state index contributed by atoms with van der Waals surface area (Å²) in [7, 11) is 1.36. The number of rotatable bonds is 2. The van der Waals surface area contributed by atoms with Gasteiger partial charge in [-0.2, -0.15) is 13.2 Å². The van der Waals surface area contributed by atoms with E-state index < -0.39 is 17.8 Å². The van der Waals surface area contributed by atoms with Crippen molar-refractivity contribution in [1.29, 1.82) is 0 Å². The summed E-state index contributed by atoms with van der Waals surface area (Å²) in [5.41, 5.74) is -0.317. The predicted molar refractivity (Wildman–Crippen MR) is 65.1 cm³/mol. The van der Waals surface area contributed by atoms with Gasteiger partial charge in [0.1, 0.15) is 5.69 Å². The van der Waals surface area contributed by atoms with Crippen LogP contribution in [0.2, 0.25) is 0 Å². The van der Waals surface area contributed by atoms with Crippen LogP contribution in [-0.4, -0.2) is 20.4 Å². The Morgan fingerprint density at radius 2 is 2.00 bits per heavy atom. The minimum absolute atomic E-state index is 0.113. The van der Waals surface area contributed by atoms with Crippen molar-refractivity contribution in [3.05, 3.63) is 41.5 Å². The third kappa shape index (κ3) is 2.95. The third-order valence-corrected chi connectivity index (χ3v) is 2.51. The van der Waals surface area contributed by atoms with Crippen molar-refractivity contribution >= 4 is 11.9 Å². The Morgan fingerprint density at radius 3 is 2.55 bits per heavy atom. The zero-order valence-corrected chi connectivity index (χ0v) is 10.7. The minimum Gasteiger partial charge on any atom is -0.320 e. The Kier molecular flexibility index (Phi) is 3.47. The average Bonchev–Trinajstić information content (AvgIpc) is 2.71. The number of alkyl halides is 3. The van der Waals surface area contributed by atoms with Gasteiger partial charge in [-0.1, -0.05) is 6.07 Å². The van der Waals surface area contributed by atoms with Gasteiger partial charge in [0.2, 0.25) is 5.95 Å². The second-order valence-corrected chi connectivity index (χ2v) is 4.18. The van der Waals surface area contributed by atoms with Gasteiger partial charge in [-0.15, -0.1) is 0 Å². The second-order valence-electron chi connectivity index (χ2n) is 4.18. The number of imidazole rings is 1. The van der Waals surface area contributed by atoms with Gasteiger partial charge in [-0.25, -0.2) is 9.97 Å². The molecule has 0 aliphatic carbocycles. The van der Waals surface area contributed by atoms with E-state index in [9.17, 15) is 18.0 Å². The molecule has 0 saturated heterocycles. The lowest BCUT2D eigenvalue weighted by molar-refractivity contribution is -0.140. The van der Waals surface area contributed by atoms with E-state index in [1.165, 1.54) is 13.1 Å². The van der Waals surface area contributed by atoms with Crippen LogP contribution in [0, 0.1) is 6.92 Å². The van der Waals surface area contributed by atoms with E-state index in [0.29, 0.717) is 5.69 Å². The number of aryl methyl sites for hydroxylation is 2. The maximum Gasteiger partial charge on any atom is 0.434 e. The van der Waals surface area contributed by atoms with Gasteiger partial charge in [0.25, 0.3) is 5.91 Å². The summed E-state index contributed by atoms with van der Waals surface area (Å²) in [6.07, 6.45) is -3.75. The molecule has 2 aromatic heterocycles. The lowest BCUT2D eigenvalue weighted by Gasteiger charge is -2.04. The van der Waals surface area contributed by atoms with Crippen molar-refractivity contribution in [1.82, 2.24) is 14.5 Å². The molecule has 0 aliphatic rings. The topological polar surface area (TPSA) is 59.8 Å². The molecule has 0 aromatic carbocycles. The number of nitrogens with one attached hydrogen (secondary N) is 1. The van der Waals surface area contributed by atoms with Gasteiger partial charge in [-0.05, 0) is 19.1 Å². The van der Waals surface area contributed by atoms with E-state index >= 15 is 0 Å². The second kappa shape index (κ2) is 4.95. The molecule has 0 bridgehead atoms. The number of carbonyl (C=O) groups excluding carboxylic acids is 1. The van der Waals surface area contributed by atoms with Crippen LogP contribution >= 0.6 is 0 Å². The van der Waals surface area contributed by atoms with Gasteiger partial charge in [0.15, 0.2) is 5.69 Å².